The molecule has 1 rings (SSSR count). The molecule has 1 aromatic carbocycles. The minimum Gasteiger partial charge on any atom is -0.508 e. The molecule has 0 saturated carbocycles. The highest BCUT2D eigenvalue weighted by Crippen LogP contribution is 2.19. The summed E-state index contributed by atoms with van der Waals surface area (Å²) in [6.45, 7) is 4.49. The Balaban J connectivity index is 2.61. The van der Waals surface area contributed by atoms with Crippen LogP contribution in [0.25, 0.3) is 0 Å². The molecule has 1 unspecified atom stereocenters. The van der Waals surface area contributed by atoms with Crippen LogP contribution in [0.1, 0.15) is 29.3 Å². The smallest absolute Gasteiger partial charge is 0.251 e. The molecule has 0 aromatic heterocycles. The summed E-state index contributed by atoms with van der Waals surface area (Å²) in [6.07, 6.45) is 1.03. The third kappa shape index (κ3) is 4.04. The molecule has 1 amide bonds. The Morgan fingerprint density at radius 3 is 2.88 bits per heavy atom. The quantitative estimate of drug-likeness (QED) is 0.822. The molecule has 0 aliphatic heterocycles. The average molecular weight is 300 g/mol. The second-order valence-electron chi connectivity index (χ2n) is 4.24. The van der Waals surface area contributed by atoms with E-state index in [0.717, 1.165) is 11.8 Å². The number of rotatable bonds is 5. The Bertz CT molecular complexity index is 393. The summed E-state index contributed by atoms with van der Waals surface area (Å²) >= 11 is 3.38. The zero-order valence-corrected chi connectivity index (χ0v) is 11.8. The molecule has 3 nitrogen and oxygen atoms in total. The predicted octanol–water partition coefficient (Wildman–Crippen LogP) is 2.85. The summed E-state index contributed by atoms with van der Waals surface area (Å²) < 4.78 is 0. The van der Waals surface area contributed by atoms with Gasteiger partial charge in [0.1, 0.15) is 5.75 Å². The molecule has 4 heteroatoms. The molecule has 0 radical (unpaired) electrons. The highest BCUT2D eigenvalue weighted by molar-refractivity contribution is 9.09. The molecular formula is C13H18BrNO2. The number of carbonyl (C=O) groups excluding carboxylic acids is 1. The summed E-state index contributed by atoms with van der Waals surface area (Å²) in [5.41, 5.74) is 1.16. The predicted molar refractivity (Wildman–Crippen MR) is 72.8 cm³/mol. The molecule has 94 valence electrons. The van der Waals surface area contributed by atoms with Gasteiger partial charge < -0.3 is 10.4 Å². The molecule has 0 spiro atoms. The van der Waals surface area contributed by atoms with Gasteiger partial charge in [0.05, 0.1) is 0 Å². The first-order chi connectivity index (χ1) is 8.06. The van der Waals surface area contributed by atoms with Crippen molar-refractivity contribution in [2.75, 3.05) is 11.9 Å². The Kier molecular flexibility index (Phi) is 5.48. The lowest BCUT2D eigenvalue weighted by Crippen LogP contribution is -2.28. The molecule has 0 heterocycles. The number of nitrogens with one attached hydrogen (secondary N) is 1. The molecule has 0 fully saturated rings. The van der Waals surface area contributed by atoms with Crippen LogP contribution in [0.4, 0.5) is 0 Å². The number of carbonyl (C=O) groups is 1. The number of amides is 1. The van der Waals surface area contributed by atoms with Crippen LogP contribution < -0.4 is 5.32 Å². The van der Waals surface area contributed by atoms with Gasteiger partial charge in [0.25, 0.3) is 5.91 Å². The van der Waals surface area contributed by atoms with E-state index < -0.39 is 0 Å². The van der Waals surface area contributed by atoms with Crippen molar-refractivity contribution in [1.29, 1.82) is 0 Å². The standard InChI is InChI=1S/C13H18BrNO2/c1-9(6-7-14)8-15-13(17)11-4-3-5-12(16)10(11)2/h3-5,9,16H,6-8H2,1-2H3,(H,15,17). The fourth-order valence-corrected chi connectivity index (χ4v) is 2.30. The van der Waals surface area contributed by atoms with Gasteiger partial charge in [-0.2, -0.15) is 0 Å². The maximum Gasteiger partial charge on any atom is 0.251 e. The van der Waals surface area contributed by atoms with Crippen molar-refractivity contribution in [3.8, 4) is 5.75 Å². The number of aromatic hydroxyl groups is 1. The van der Waals surface area contributed by atoms with Crippen LogP contribution in [-0.4, -0.2) is 22.9 Å². The SMILES string of the molecule is Cc1c(O)cccc1C(=O)NCC(C)CCBr. The van der Waals surface area contributed by atoms with Gasteiger partial charge in [-0.3, -0.25) is 4.79 Å². The Morgan fingerprint density at radius 1 is 1.53 bits per heavy atom. The number of hydrogen-bond acceptors (Lipinski definition) is 2. The zero-order valence-electron chi connectivity index (χ0n) is 10.2. The normalized spacial score (nSPS) is 12.2. The van der Waals surface area contributed by atoms with Gasteiger partial charge in [-0.05, 0) is 31.4 Å². The third-order valence-corrected chi connectivity index (χ3v) is 3.22. The Labute approximate surface area is 110 Å². The van der Waals surface area contributed by atoms with Gasteiger partial charge in [-0.1, -0.05) is 28.9 Å². The van der Waals surface area contributed by atoms with E-state index >= 15 is 0 Å². The molecule has 0 bridgehead atoms. The lowest BCUT2D eigenvalue weighted by atomic mass is 10.1. The van der Waals surface area contributed by atoms with Gasteiger partial charge in [0, 0.05) is 23.0 Å². The third-order valence-electron chi connectivity index (χ3n) is 2.76. The molecule has 17 heavy (non-hydrogen) atoms. The molecule has 2 N–H and O–H groups in total. The lowest BCUT2D eigenvalue weighted by molar-refractivity contribution is 0.0947. The molecule has 1 aromatic rings. The molecule has 0 saturated heterocycles. The van der Waals surface area contributed by atoms with E-state index in [0.29, 0.717) is 23.6 Å². The Hall–Kier alpha value is -1.03. The van der Waals surface area contributed by atoms with Crippen molar-refractivity contribution >= 4 is 21.8 Å². The van der Waals surface area contributed by atoms with E-state index in [1.165, 1.54) is 0 Å². The van der Waals surface area contributed by atoms with E-state index in [-0.39, 0.29) is 11.7 Å². The van der Waals surface area contributed by atoms with E-state index in [1.807, 2.05) is 0 Å². The number of hydrogen-bond donors (Lipinski definition) is 2. The number of phenols is 1. The van der Waals surface area contributed by atoms with Crippen molar-refractivity contribution < 1.29 is 9.90 Å². The van der Waals surface area contributed by atoms with Gasteiger partial charge >= 0.3 is 0 Å². The van der Waals surface area contributed by atoms with Crippen LogP contribution >= 0.6 is 15.9 Å². The topological polar surface area (TPSA) is 49.3 Å². The van der Waals surface area contributed by atoms with Crippen LogP contribution in [0.3, 0.4) is 0 Å². The number of benzene rings is 1. The fourth-order valence-electron chi connectivity index (χ4n) is 1.52. The van der Waals surface area contributed by atoms with Gasteiger partial charge in [0.2, 0.25) is 0 Å². The Morgan fingerprint density at radius 2 is 2.24 bits per heavy atom. The van der Waals surface area contributed by atoms with Gasteiger partial charge in [-0.15, -0.1) is 0 Å². The second kappa shape index (κ2) is 6.64. The minimum absolute atomic E-state index is 0.125. The number of halogens is 1. The average Bonchev–Trinajstić information content (AvgIpc) is 2.30. The van der Waals surface area contributed by atoms with Crippen LogP contribution in [-0.2, 0) is 0 Å². The minimum atomic E-state index is -0.125. The van der Waals surface area contributed by atoms with Crippen LogP contribution in [0, 0.1) is 12.8 Å². The van der Waals surface area contributed by atoms with Crippen molar-refractivity contribution in [2.45, 2.75) is 20.3 Å². The first-order valence-corrected chi connectivity index (χ1v) is 6.81. The van der Waals surface area contributed by atoms with Crippen molar-refractivity contribution in [3.05, 3.63) is 29.3 Å². The zero-order chi connectivity index (χ0) is 12.8. The monoisotopic (exact) mass is 299 g/mol. The van der Waals surface area contributed by atoms with Crippen LogP contribution in [0.5, 0.6) is 5.75 Å². The highest BCUT2D eigenvalue weighted by atomic mass is 79.9. The van der Waals surface area contributed by atoms with E-state index in [1.54, 1.807) is 25.1 Å². The summed E-state index contributed by atoms with van der Waals surface area (Å²) in [5.74, 6) is 0.474. The van der Waals surface area contributed by atoms with Crippen molar-refractivity contribution in [3.63, 3.8) is 0 Å². The number of phenolic OH excluding ortho intramolecular Hbond substituents is 1. The highest BCUT2D eigenvalue weighted by Gasteiger charge is 2.11. The molecule has 0 aliphatic rings. The van der Waals surface area contributed by atoms with Crippen LogP contribution in [0.15, 0.2) is 18.2 Å². The summed E-state index contributed by atoms with van der Waals surface area (Å²) in [4.78, 5) is 11.9. The van der Waals surface area contributed by atoms with Crippen molar-refractivity contribution in [1.82, 2.24) is 5.32 Å². The first kappa shape index (κ1) is 14.0. The maximum atomic E-state index is 11.9. The van der Waals surface area contributed by atoms with Crippen molar-refractivity contribution in [2.24, 2.45) is 5.92 Å². The fraction of sp³-hybridized carbons (Fsp3) is 0.462. The van der Waals surface area contributed by atoms with E-state index in [9.17, 15) is 9.90 Å². The summed E-state index contributed by atoms with van der Waals surface area (Å²) in [7, 11) is 0. The number of alkyl halides is 1. The molecule has 0 aliphatic carbocycles. The second-order valence-corrected chi connectivity index (χ2v) is 5.04. The lowest BCUT2D eigenvalue weighted by Gasteiger charge is -2.12. The summed E-state index contributed by atoms with van der Waals surface area (Å²) in [5, 5.41) is 13.3. The molecular weight excluding hydrogens is 282 g/mol. The van der Waals surface area contributed by atoms with Gasteiger partial charge in [-0.25, -0.2) is 0 Å². The van der Waals surface area contributed by atoms with E-state index in [2.05, 4.69) is 28.2 Å². The van der Waals surface area contributed by atoms with Gasteiger partial charge in [0.15, 0.2) is 0 Å². The first-order valence-electron chi connectivity index (χ1n) is 5.69. The maximum absolute atomic E-state index is 11.9. The van der Waals surface area contributed by atoms with E-state index in [4.69, 9.17) is 0 Å². The molecule has 1 atom stereocenters. The summed E-state index contributed by atoms with van der Waals surface area (Å²) in [6, 6.07) is 4.98. The largest absolute Gasteiger partial charge is 0.508 e. The van der Waals surface area contributed by atoms with Crippen LogP contribution in [0.2, 0.25) is 0 Å².